The lowest BCUT2D eigenvalue weighted by molar-refractivity contribution is 0.326. The van der Waals surface area contributed by atoms with E-state index < -0.39 is 0 Å². The number of hydrogen-bond donors (Lipinski definition) is 1. The summed E-state index contributed by atoms with van der Waals surface area (Å²) in [6.45, 7) is 2.50. The van der Waals surface area contributed by atoms with E-state index in [9.17, 15) is 0 Å². The third kappa shape index (κ3) is 3.24. The summed E-state index contributed by atoms with van der Waals surface area (Å²) in [5.41, 5.74) is 1.87. The lowest BCUT2D eigenvalue weighted by Crippen LogP contribution is -2.16. The molecule has 26 heavy (non-hydrogen) atoms. The van der Waals surface area contributed by atoms with Crippen LogP contribution in [0.4, 0.5) is 11.4 Å². The molecule has 3 nitrogen and oxygen atoms in total. The van der Waals surface area contributed by atoms with Gasteiger partial charge in [0.05, 0.1) is 18.0 Å². The maximum Gasteiger partial charge on any atom is 0.294 e. The van der Waals surface area contributed by atoms with Crippen LogP contribution in [-0.2, 0) is 4.74 Å². The quantitative estimate of drug-likeness (QED) is 0.359. The maximum atomic E-state index is 5.79. The van der Waals surface area contributed by atoms with Gasteiger partial charge in [0.25, 0.3) is 6.02 Å². The number of anilines is 1. The van der Waals surface area contributed by atoms with Gasteiger partial charge in [0.15, 0.2) is 0 Å². The second-order valence-electron chi connectivity index (χ2n) is 6.00. The van der Waals surface area contributed by atoms with Crippen LogP contribution in [-0.4, -0.2) is 12.6 Å². The van der Waals surface area contributed by atoms with Crippen LogP contribution in [0.25, 0.3) is 21.5 Å². The van der Waals surface area contributed by atoms with Crippen LogP contribution in [0.1, 0.15) is 6.92 Å². The first kappa shape index (κ1) is 16.2. The third-order valence-electron chi connectivity index (χ3n) is 4.30. The van der Waals surface area contributed by atoms with Crippen molar-refractivity contribution in [1.29, 1.82) is 0 Å². The monoisotopic (exact) mass is 340 g/mol. The second-order valence-corrected chi connectivity index (χ2v) is 6.00. The van der Waals surface area contributed by atoms with E-state index >= 15 is 0 Å². The van der Waals surface area contributed by atoms with Crippen LogP contribution in [0.2, 0.25) is 0 Å². The Labute approximate surface area is 153 Å². The Kier molecular flexibility index (Phi) is 4.52. The normalized spacial score (nSPS) is 11.7. The molecule has 3 heteroatoms. The maximum absolute atomic E-state index is 5.79. The molecule has 0 unspecified atom stereocenters. The number of nitrogens with zero attached hydrogens (tertiary/aromatic N) is 1. The van der Waals surface area contributed by atoms with E-state index in [1.165, 1.54) is 5.39 Å². The number of benzene rings is 4. The first-order valence-electron chi connectivity index (χ1n) is 8.79. The Balaban J connectivity index is 1.76. The van der Waals surface area contributed by atoms with Crippen molar-refractivity contribution in [3.05, 3.63) is 84.9 Å². The number of amidine groups is 1. The first-order valence-corrected chi connectivity index (χ1v) is 8.79. The van der Waals surface area contributed by atoms with Crippen molar-refractivity contribution >= 4 is 38.9 Å². The van der Waals surface area contributed by atoms with Crippen molar-refractivity contribution in [1.82, 2.24) is 0 Å². The fraction of sp³-hybridized carbons (Fsp3) is 0.0870. The summed E-state index contributed by atoms with van der Waals surface area (Å²) in [6.07, 6.45) is 0. The molecule has 0 fully saturated rings. The predicted octanol–water partition coefficient (Wildman–Crippen LogP) is 6.13. The zero-order valence-electron chi connectivity index (χ0n) is 14.6. The largest absolute Gasteiger partial charge is 0.465 e. The van der Waals surface area contributed by atoms with Gasteiger partial charge in [-0.1, -0.05) is 72.8 Å². The van der Waals surface area contributed by atoms with Crippen LogP contribution in [0.5, 0.6) is 0 Å². The fourth-order valence-electron chi connectivity index (χ4n) is 3.10. The first-order chi connectivity index (χ1) is 12.8. The molecular weight excluding hydrogens is 320 g/mol. The van der Waals surface area contributed by atoms with Crippen molar-refractivity contribution in [3.63, 3.8) is 0 Å². The predicted molar refractivity (Wildman–Crippen MR) is 110 cm³/mol. The smallest absolute Gasteiger partial charge is 0.294 e. The Bertz CT molecular complexity index is 1070. The van der Waals surface area contributed by atoms with Gasteiger partial charge in [-0.15, -0.1) is 0 Å². The van der Waals surface area contributed by atoms with E-state index in [1.807, 2.05) is 55.5 Å². The van der Waals surface area contributed by atoms with Crippen molar-refractivity contribution in [2.45, 2.75) is 6.92 Å². The zero-order valence-corrected chi connectivity index (χ0v) is 14.6. The average molecular weight is 340 g/mol. The lowest BCUT2D eigenvalue weighted by Gasteiger charge is -2.13. The molecule has 1 N–H and O–H groups in total. The SMILES string of the molecule is CCOC(=Nc1cccc2ccccc12)Nc1cccc2ccccc12. The molecule has 0 saturated heterocycles. The molecule has 4 aromatic rings. The lowest BCUT2D eigenvalue weighted by atomic mass is 10.1. The van der Waals surface area contributed by atoms with E-state index in [-0.39, 0.29) is 0 Å². The van der Waals surface area contributed by atoms with Crippen molar-refractivity contribution < 1.29 is 4.74 Å². The summed E-state index contributed by atoms with van der Waals surface area (Å²) in [4.78, 5) is 4.76. The van der Waals surface area contributed by atoms with Gasteiger partial charge >= 0.3 is 0 Å². The third-order valence-corrected chi connectivity index (χ3v) is 4.30. The van der Waals surface area contributed by atoms with E-state index in [2.05, 4.69) is 41.7 Å². The van der Waals surface area contributed by atoms with Gasteiger partial charge in [-0.2, -0.15) is 4.99 Å². The molecule has 0 saturated carbocycles. The minimum absolute atomic E-state index is 0.500. The molecule has 0 aliphatic heterocycles. The molecule has 0 heterocycles. The summed E-state index contributed by atoms with van der Waals surface area (Å²) < 4.78 is 5.79. The molecule has 0 amide bonds. The highest BCUT2D eigenvalue weighted by molar-refractivity contribution is 6.03. The minimum Gasteiger partial charge on any atom is -0.465 e. The minimum atomic E-state index is 0.500. The highest BCUT2D eigenvalue weighted by Gasteiger charge is 2.07. The van der Waals surface area contributed by atoms with Gasteiger partial charge in [0, 0.05) is 10.8 Å². The Morgan fingerprint density at radius 3 is 2.15 bits per heavy atom. The van der Waals surface area contributed by atoms with Gasteiger partial charge in [0.2, 0.25) is 0 Å². The molecule has 0 aliphatic carbocycles. The Hall–Kier alpha value is -3.33. The Morgan fingerprint density at radius 1 is 0.769 bits per heavy atom. The second kappa shape index (κ2) is 7.28. The Morgan fingerprint density at radius 2 is 1.38 bits per heavy atom. The van der Waals surface area contributed by atoms with Crippen LogP contribution >= 0.6 is 0 Å². The molecule has 0 radical (unpaired) electrons. The topological polar surface area (TPSA) is 33.6 Å². The van der Waals surface area contributed by atoms with Crippen molar-refractivity contribution in [2.24, 2.45) is 4.99 Å². The summed E-state index contributed by atoms with van der Waals surface area (Å²) in [7, 11) is 0. The molecule has 4 aromatic carbocycles. The van der Waals surface area contributed by atoms with Crippen LogP contribution < -0.4 is 5.32 Å². The molecule has 0 aliphatic rings. The molecule has 0 atom stereocenters. The van der Waals surface area contributed by atoms with Gasteiger partial charge in [-0.25, -0.2) is 0 Å². The molecule has 0 aromatic heterocycles. The molecule has 0 spiro atoms. The molecule has 128 valence electrons. The number of nitrogens with one attached hydrogen (secondary N) is 1. The van der Waals surface area contributed by atoms with E-state index in [0.717, 1.165) is 27.5 Å². The fourth-order valence-corrected chi connectivity index (χ4v) is 3.10. The summed E-state index contributed by atoms with van der Waals surface area (Å²) in [6, 6.07) is 29.3. The average Bonchev–Trinajstić information content (AvgIpc) is 2.69. The van der Waals surface area contributed by atoms with Gasteiger partial charge in [-0.3, -0.25) is 0 Å². The van der Waals surface area contributed by atoms with Crippen LogP contribution in [0.15, 0.2) is 89.9 Å². The van der Waals surface area contributed by atoms with E-state index in [4.69, 9.17) is 9.73 Å². The van der Waals surface area contributed by atoms with E-state index in [1.54, 1.807) is 0 Å². The molecule has 4 rings (SSSR count). The van der Waals surface area contributed by atoms with Crippen molar-refractivity contribution in [2.75, 3.05) is 11.9 Å². The van der Waals surface area contributed by atoms with E-state index in [0.29, 0.717) is 12.6 Å². The number of hydrogen-bond acceptors (Lipinski definition) is 2. The summed E-state index contributed by atoms with van der Waals surface area (Å²) in [5, 5.41) is 7.95. The van der Waals surface area contributed by atoms with Gasteiger partial charge in [0.1, 0.15) is 0 Å². The number of aliphatic imine (C=N–C) groups is 1. The summed E-state index contributed by atoms with van der Waals surface area (Å²) >= 11 is 0. The highest BCUT2D eigenvalue weighted by atomic mass is 16.5. The van der Waals surface area contributed by atoms with Gasteiger partial charge in [-0.05, 0) is 29.8 Å². The molecule has 0 bridgehead atoms. The van der Waals surface area contributed by atoms with Gasteiger partial charge < -0.3 is 10.1 Å². The number of ether oxygens (including phenoxy) is 1. The van der Waals surface area contributed by atoms with Crippen molar-refractivity contribution in [3.8, 4) is 0 Å². The summed E-state index contributed by atoms with van der Waals surface area (Å²) in [5.74, 6) is 0. The molecular formula is C23H20N2O. The number of rotatable bonds is 3. The number of fused-ring (bicyclic) bond motifs is 2. The standard InChI is InChI=1S/C23H20N2O/c1-2-26-23(24-21-15-7-11-17-9-3-5-13-19(17)21)25-22-16-8-12-18-10-4-6-14-20(18)22/h3-16H,2H2,1H3,(H,24,25). The van der Waals surface area contributed by atoms with Crippen LogP contribution in [0, 0.1) is 0 Å². The highest BCUT2D eigenvalue weighted by Crippen LogP contribution is 2.27. The van der Waals surface area contributed by atoms with Crippen LogP contribution in [0.3, 0.4) is 0 Å². The zero-order chi connectivity index (χ0) is 17.8.